The first kappa shape index (κ1) is 16.9. The summed E-state index contributed by atoms with van der Waals surface area (Å²) in [5.41, 5.74) is 0. The minimum Gasteiger partial charge on any atom is -0.479 e. The molecule has 0 saturated heterocycles. The number of halogens is 1. The van der Waals surface area contributed by atoms with Gasteiger partial charge in [0.25, 0.3) is 0 Å². The molecule has 0 saturated carbocycles. The van der Waals surface area contributed by atoms with E-state index in [1.165, 1.54) is 19.3 Å². The fourth-order valence-electron chi connectivity index (χ4n) is 1.55. The van der Waals surface area contributed by atoms with Crippen LogP contribution >= 0.6 is 0 Å². The number of rotatable bonds is 8. The van der Waals surface area contributed by atoms with E-state index in [1.54, 1.807) is 6.34 Å². The summed E-state index contributed by atoms with van der Waals surface area (Å²) in [6.07, 6.45) is 6.58. The Morgan fingerprint density at radius 1 is 1.39 bits per heavy atom. The molecule has 0 radical (unpaired) electrons. The number of aliphatic carboxylic acids is 1. The Morgan fingerprint density at radius 2 is 2.06 bits per heavy atom. The Bertz CT molecular complexity index is 229. The van der Waals surface area contributed by atoms with E-state index in [9.17, 15) is 9.18 Å². The zero-order valence-corrected chi connectivity index (χ0v) is 11.2. The first-order valence-electron chi connectivity index (χ1n) is 6.77. The van der Waals surface area contributed by atoms with E-state index < -0.39 is 12.1 Å². The van der Waals surface area contributed by atoms with Gasteiger partial charge in [0.2, 0.25) is 0 Å². The normalized spacial score (nSPS) is 14.6. The zero-order valence-electron chi connectivity index (χ0n) is 11.2. The summed E-state index contributed by atoms with van der Waals surface area (Å²) in [7, 11) is 0. The standard InChI is InChI=1S/C10H19FO2.C3H6N2/c1-2-3-4-5-6-7-8-9(11)10(12)13;1-2-5-3-4-1/h9H,2-8H2,1H3,(H,12,13);3H,1-2H2,(H,4,5). The molecule has 0 aliphatic carbocycles. The highest BCUT2D eigenvalue weighted by Gasteiger charge is 2.13. The Kier molecular flexibility index (Phi) is 11.6. The van der Waals surface area contributed by atoms with Crippen LogP contribution in [0.15, 0.2) is 4.99 Å². The number of unbranched alkanes of at least 4 members (excludes halogenated alkanes) is 5. The van der Waals surface area contributed by atoms with Gasteiger partial charge in [-0.2, -0.15) is 0 Å². The summed E-state index contributed by atoms with van der Waals surface area (Å²) in [4.78, 5) is 13.9. The van der Waals surface area contributed by atoms with Crippen LogP contribution < -0.4 is 5.32 Å². The van der Waals surface area contributed by atoms with Crippen molar-refractivity contribution in [2.45, 2.75) is 58.0 Å². The molecule has 0 aromatic heterocycles. The molecule has 0 amide bonds. The maximum atomic E-state index is 12.5. The first-order chi connectivity index (χ1) is 8.68. The summed E-state index contributed by atoms with van der Waals surface area (Å²) in [6, 6.07) is 0. The van der Waals surface area contributed by atoms with Crippen molar-refractivity contribution in [3.63, 3.8) is 0 Å². The molecule has 4 nitrogen and oxygen atoms in total. The van der Waals surface area contributed by atoms with Gasteiger partial charge in [-0.15, -0.1) is 0 Å². The SMILES string of the molecule is C1=NCCN1.CCCCCCCCC(F)C(=O)O. The van der Waals surface area contributed by atoms with E-state index in [4.69, 9.17) is 5.11 Å². The van der Waals surface area contributed by atoms with Crippen LogP contribution in [0.2, 0.25) is 0 Å². The number of hydrogen-bond acceptors (Lipinski definition) is 3. The molecule has 1 aliphatic heterocycles. The third-order valence-corrected chi connectivity index (χ3v) is 2.65. The number of aliphatic imine (C=N–C) groups is 1. The summed E-state index contributed by atoms with van der Waals surface area (Å²) in [6.45, 7) is 4.13. The summed E-state index contributed by atoms with van der Waals surface area (Å²) in [5.74, 6) is -1.33. The Hall–Kier alpha value is -1.13. The van der Waals surface area contributed by atoms with Gasteiger partial charge in [0.1, 0.15) is 0 Å². The fourth-order valence-corrected chi connectivity index (χ4v) is 1.55. The van der Waals surface area contributed by atoms with Crippen molar-refractivity contribution in [2.24, 2.45) is 4.99 Å². The summed E-state index contributed by atoms with van der Waals surface area (Å²) < 4.78 is 12.5. The molecule has 18 heavy (non-hydrogen) atoms. The molecule has 0 spiro atoms. The molecule has 1 unspecified atom stereocenters. The third kappa shape index (κ3) is 11.4. The van der Waals surface area contributed by atoms with Gasteiger partial charge >= 0.3 is 5.97 Å². The van der Waals surface area contributed by atoms with Gasteiger partial charge in [-0.1, -0.05) is 39.0 Å². The van der Waals surface area contributed by atoms with Crippen LogP contribution in [-0.2, 0) is 4.79 Å². The Balaban J connectivity index is 0.000000473. The molecule has 0 bridgehead atoms. The minimum atomic E-state index is -1.66. The van der Waals surface area contributed by atoms with Crippen molar-refractivity contribution in [3.05, 3.63) is 0 Å². The van der Waals surface area contributed by atoms with Crippen LogP contribution in [0.3, 0.4) is 0 Å². The van der Waals surface area contributed by atoms with Gasteiger partial charge in [0.15, 0.2) is 6.17 Å². The van der Waals surface area contributed by atoms with Crippen LogP contribution in [0.1, 0.15) is 51.9 Å². The van der Waals surface area contributed by atoms with E-state index in [0.717, 1.165) is 25.9 Å². The topological polar surface area (TPSA) is 61.7 Å². The lowest BCUT2D eigenvalue weighted by atomic mass is 10.1. The Labute approximate surface area is 109 Å². The van der Waals surface area contributed by atoms with Crippen LogP contribution in [0.5, 0.6) is 0 Å². The van der Waals surface area contributed by atoms with Gasteiger partial charge < -0.3 is 10.4 Å². The molecular formula is C13H25FN2O2. The van der Waals surface area contributed by atoms with E-state index in [1.807, 2.05) is 0 Å². The summed E-state index contributed by atoms with van der Waals surface area (Å²) >= 11 is 0. The smallest absolute Gasteiger partial charge is 0.338 e. The highest BCUT2D eigenvalue weighted by molar-refractivity contribution is 5.71. The number of carboxylic acids is 1. The first-order valence-corrected chi connectivity index (χ1v) is 6.77. The zero-order chi connectivity index (χ0) is 13.6. The lowest BCUT2D eigenvalue weighted by Gasteiger charge is -2.02. The van der Waals surface area contributed by atoms with Crippen LogP contribution in [0.4, 0.5) is 4.39 Å². The van der Waals surface area contributed by atoms with Crippen LogP contribution in [0.25, 0.3) is 0 Å². The molecule has 106 valence electrons. The number of alkyl halides is 1. The molecule has 2 N–H and O–H groups in total. The predicted octanol–water partition coefficient (Wildman–Crippen LogP) is 2.78. The molecule has 0 aromatic rings. The number of carbonyl (C=O) groups is 1. The largest absolute Gasteiger partial charge is 0.479 e. The number of hydrogen-bond donors (Lipinski definition) is 2. The molecular weight excluding hydrogens is 235 g/mol. The second-order valence-electron chi connectivity index (χ2n) is 4.35. The van der Waals surface area contributed by atoms with E-state index in [0.29, 0.717) is 6.42 Å². The van der Waals surface area contributed by atoms with E-state index in [2.05, 4.69) is 17.2 Å². The van der Waals surface area contributed by atoms with Gasteiger partial charge in [-0.3, -0.25) is 4.99 Å². The lowest BCUT2D eigenvalue weighted by molar-refractivity contribution is -0.143. The van der Waals surface area contributed by atoms with Gasteiger partial charge in [-0.25, -0.2) is 9.18 Å². The maximum Gasteiger partial charge on any atom is 0.338 e. The summed E-state index contributed by atoms with van der Waals surface area (Å²) in [5, 5.41) is 11.2. The van der Waals surface area contributed by atoms with Gasteiger partial charge in [0, 0.05) is 6.54 Å². The Morgan fingerprint density at radius 3 is 2.50 bits per heavy atom. The second-order valence-corrected chi connectivity index (χ2v) is 4.35. The van der Waals surface area contributed by atoms with E-state index in [-0.39, 0.29) is 6.42 Å². The second kappa shape index (κ2) is 12.3. The molecule has 1 atom stereocenters. The van der Waals surface area contributed by atoms with Crippen molar-refractivity contribution in [3.8, 4) is 0 Å². The highest BCUT2D eigenvalue weighted by Crippen LogP contribution is 2.10. The molecule has 0 fully saturated rings. The molecule has 0 aromatic carbocycles. The van der Waals surface area contributed by atoms with Gasteiger partial charge in [-0.05, 0) is 12.8 Å². The predicted molar refractivity (Wildman–Crippen MR) is 71.9 cm³/mol. The average molecular weight is 260 g/mol. The van der Waals surface area contributed by atoms with Crippen molar-refractivity contribution >= 4 is 12.3 Å². The molecule has 1 heterocycles. The van der Waals surface area contributed by atoms with Gasteiger partial charge in [0.05, 0.1) is 12.9 Å². The van der Waals surface area contributed by atoms with Crippen LogP contribution in [-0.4, -0.2) is 36.7 Å². The number of nitrogens with one attached hydrogen (secondary N) is 1. The van der Waals surface area contributed by atoms with Crippen molar-refractivity contribution in [1.29, 1.82) is 0 Å². The van der Waals surface area contributed by atoms with Crippen LogP contribution in [0, 0.1) is 0 Å². The average Bonchev–Trinajstić information content (AvgIpc) is 2.92. The van der Waals surface area contributed by atoms with Crippen molar-refractivity contribution in [2.75, 3.05) is 13.1 Å². The molecule has 5 heteroatoms. The van der Waals surface area contributed by atoms with E-state index >= 15 is 0 Å². The molecule has 1 rings (SSSR count). The third-order valence-electron chi connectivity index (χ3n) is 2.65. The molecule has 1 aliphatic rings. The highest BCUT2D eigenvalue weighted by atomic mass is 19.1. The lowest BCUT2D eigenvalue weighted by Crippen LogP contribution is -2.13. The quantitative estimate of drug-likeness (QED) is 0.660. The minimum absolute atomic E-state index is 0.168. The fraction of sp³-hybridized carbons (Fsp3) is 0.846. The maximum absolute atomic E-state index is 12.5. The van der Waals surface area contributed by atoms with Crippen molar-refractivity contribution < 1.29 is 14.3 Å². The number of carboxylic acid groups (broad SMARTS) is 1. The van der Waals surface area contributed by atoms with Crippen molar-refractivity contribution in [1.82, 2.24) is 5.32 Å². The number of nitrogens with zero attached hydrogens (tertiary/aromatic N) is 1. The monoisotopic (exact) mass is 260 g/mol.